The van der Waals surface area contributed by atoms with Gasteiger partial charge >= 0.3 is 0 Å². The lowest BCUT2D eigenvalue weighted by atomic mass is 10.2. The normalized spacial score (nSPS) is 11.3. The molecule has 1 aromatic carbocycles. The minimum Gasteiger partial charge on any atom is -0.455 e. The van der Waals surface area contributed by atoms with Crippen LogP contribution in [0.5, 0.6) is 0 Å². The largest absolute Gasteiger partial charge is 0.455 e. The van der Waals surface area contributed by atoms with Crippen LogP contribution in [0.25, 0.3) is 5.82 Å². The van der Waals surface area contributed by atoms with Gasteiger partial charge in [0.05, 0.1) is 4.90 Å². The Hall–Kier alpha value is -3.72. The monoisotopic (exact) mass is 422 g/mol. The quantitative estimate of drug-likeness (QED) is 0.491. The summed E-state index contributed by atoms with van der Waals surface area (Å²) < 4.78 is 32.0. The molecular formula is C21H18N4O4S. The molecule has 8 nitrogen and oxygen atoms in total. The van der Waals surface area contributed by atoms with Crippen LogP contribution >= 0.6 is 0 Å². The van der Waals surface area contributed by atoms with Gasteiger partial charge in [-0.3, -0.25) is 4.79 Å². The first kappa shape index (κ1) is 19.6. The van der Waals surface area contributed by atoms with Crippen LogP contribution in [0.15, 0.2) is 88.6 Å². The summed E-state index contributed by atoms with van der Waals surface area (Å²) in [6.45, 7) is 0.209. The average molecular weight is 422 g/mol. The molecular weight excluding hydrogens is 404 g/mol. The van der Waals surface area contributed by atoms with Gasteiger partial charge in [0.2, 0.25) is 0 Å². The van der Waals surface area contributed by atoms with Crippen molar-refractivity contribution in [3.05, 3.63) is 96.3 Å². The molecule has 1 amide bonds. The highest BCUT2D eigenvalue weighted by atomic mass is 32.2. The Morgan fingerprint density at radius 2 is 1.83 bits per heavy atom. The molecule has 0 radical (unpaired) electrons. The first-order valence-corrected chi connectivity index (χ1v) is 10.8. The number of pyridine rings is 1. The molecule has 0 aliphatic carbocycles. The lowest BCUT2D eigenvalue weighted by Gasteiger charge is -2.09. The molecule has 4 aromatic rings. The van der Waals surface area contributed by atoms with Crippen molar-refractivity contribution in [1.29, 1.82) is 0 Å². The van der Waals surface area contributed by atoms with Crippen LogP contribution in [-0.2, 0) is 22.1 Å². The minimum atomic E-state index is -3.56. The van der Waals surface area contributed by atoms with E-state index >= 15 is 0 Å². The van der Waals surface area contributed by atoms with Crippen LogP contribution < -0.4 is 5.32 Å². The van der Waals surface area contributed by atoms with Gasteiger partial charge in [0.1, 0.15) is 11.5 Å². The predicted octanol–water partition coefficient (Wildman–Crippen LogP) is 2.76. The van der Waals surface area contributed by atoms with E-state index in [1.165, 1.54) is 24.3 Å². The number of sulfone groups is 1. The fraction of sp³-hybridized carbons (Fsp3) is 0.0952. The lowest BCUT2D eigenvalue weighted by molar-refractivity contribution is 0.0921. The lowest BCUT2D eigenvalue weighted by Crippen LogP contribution is -2.23. The Kier molecular flexibility index (Phi) is 5.44. The number of benzene rings is 1. The van der Waals surface area contributed by atoms with Gasteiger partial charge in [-0.2, -0.15) is 5.10 Å². The van der Waals surface area contributed by atoms with Gasteiger partial charge in [-0.15, -0.1) is 0 Å². The Morgan fingerprint density at radius 1 is 1.00 bits per heavy atom. The highest BCUT2D eigenvalue weighted by Gasteiger charge is 2.19. The third-order valence-electron chi connectivity index (χ3n) is 4.35. The number of amides is 1. The fourth-order valence-corrected chi connectivity index (χ4v) is 4.18. The van der Waals surface area contributed by atoms with Gasteiger partial charge in [0.15, 0.2) is 21.4 Å². The summed E-state index contributed by atoms with van der Waals surface area (Å²) in [5, 5.41) is 6.92. The van der Waals surface area contributed by atoms with Crippen molar-refractivity contribution >= 4 is 15.7 Å². The molecule has 1 N–H and O–H groups in total. The Morgan fingerprint density at radius 3 is 2.60 bits per heavy atom. The molecule has 3 heterocycles. The maximum Gasteiger partial charge on any atom is 0.287 e. The Bertz CT molecular complexity index is 1250. The van der Waals surface area contributed by atoms with Gasteiger partial charge in [-0.1, -0.05) is 24.3 Å². The van der Waals surface area contributed by atoms with Gasteiger partial charge in [0.25, 0.3) is 5.91 Å². The molecule has 4 rings (SSSR count). The van der Waals surface area contributed by atoms with Crippen LogP contribution in [0.4, 0.5) is 0 Å². The van der Waals surface area contributed by atoms with E-state index in [1.807, 2.05) is 6.07 Å². The maximum absolute atomic E-state index is 12.5. The van der Waals surface area contributed by atoms with Gasteiger partial charge < -0.3 is 9.73 Å². The van der Waals surface area contributed by atoms with E-state index in [0.717, 1.165) is 5.56 Å². The SMILES string of the molecule is O=C(NCc1cccnc1-n1cccn1)c1ccc(CS(=O)(=O)c2ccccc2)o1. The van der Waals surface area contributed by atoms with Crippen molar-refractivity contribution in [2.24, 2.45) is 0 Å². The fourth-order valence-electron chi connectivity index (χ4n) is 2.91. The van der Waals surface area contributed by atoms with Crippen molar-refractivity contribution in [2.75, 3.05) is 0 Å². The van der Waals surface area contributed by atoms with Crippen LogP contribution in [0.3, 0.4) is 0 Å². The molecule has 0 aliphatic rings. The zero-order valence-electron chi connectivity index (χ0n) is 15.8. The zero-order chi connectivity index (χ0) is 21.0. The zero-order valence-corrected chi connectivity index (χ0v) is 16.6. The van der Waals surface area contributed by atoms with Crippen molar-refractivity contribution in [2.45, 2.75) is 17.2 Å². The number of carbonyl (C=O) groups excluding carboxylic acids is 1. The van der Waals surface area contributed by atoms with E-state index < -0.39 is 15.7 Å². The van der Waals surface area contributed by atoms with Crippen LogP contribution in [0.1, 0.15) is 21.9 Å². The van der Waals surface area contributed by atoms with E-state index in [9.17, 15) is 13.2 Å². The van der Waals surface area contributed by atoms with Crippen molar-refractivity contribution in [1.82, 2.24) is 20.1 Å². The minimum absolute atomic E-state index is 0.0396. The number of hydrogen-bond acceptors (Lipinski definition) is 6. The molecule has 0 aliphatic heterocycles. The molecule has 0 spiro atoms. The van der Waals surface area contributed by atoms with E-state index in [-0.39, 0.29) is 28.7 Å². The number of nitrogens with zero attached hydrogens (tertiary/aromatic N) is 3. The van der Waals surface area contributed by atoms with Crippen LogP contribution in [0, 0.1) is 0 Å². The predicted molar refractivity (Wildman–Crippen MR) is 109 cm³/mol. The van der Waals surface area contributed by atoms with Gasteiger partial charge in [0, 0.05) is 30.7 Å². The molecule has 152 valence electrons. The molecule has 30 heavy (non-hydrogen) atoms. The number of aromatic nitrogens is 3. The summed E-state index contributed by atoms with van der Waals surface area (Å²) >= 11 is 0. The molecule has 0 fully saturated rings. The van der Waals surface area contributed by atoms with Crippen LogP contribution in [-0.4, -0.2) is 29.1 Å². The van der Waals surface area contributed by atoms with Crippen molar-refractivity contribution in [3.63, 3.8) is 0 Å². The summed E-state index contributed by atoms with van der Waals surface area (Å²) in [6.07, 6.45) is 5.05. The van der Waals surface area contributed by atoms with Crippen LogP contribution in [0.2, 0.25) is 0 Å². The van der Waals surface area contributed by atoms with E-state index in [1.54, 1.807) is 53.6 Å². The van der Waals surface area contributed by atoms with E-state index in [0.29, 0.717) is 5.82 Å². The van der Waals surface area contributed by atoms with Gasteiger partial charge in [-0.25, -0.2) is 18.1 Å². The maximum atomic E-state index is 12.5. The van der Waals surface area contributed by atoms with Gasteiger partial charge in [-0.05, 0) is 36.4 Å². The van der Waals surface area contributed by atoms with Crippen molar-refractivity contribution < 1.29 is 17.6 Å². The third-order valence-corrected chi connectivity index (χ3v) is 6.00. The first-order valence-electron chi connectivity index (χ1n) is 9.11. The molecule has 3 aromatic heterocycles. The number of rotatable bonds is 7. The molecule has 0 saturated heterocycles. The van der Waals surface area contributed by atoms with Crippen molar-refractivity contribution in [3.8, 4) is 5.82 Å². The van der Waals surface area contributed by atoms with E-state index in [4.69, 9.17) is 4.42 Å². The molecule has 0 saturated carbocycles. The third kappa shape index (κ3) is 4.31. The second kappa shape index (κ2) is 8.34. The molecule has 0 atom stereocenters. The summed E-state index contributed by atoms with van der Waals surface area (Å²) in [5.74, 6) is 0.0713. The first-order chi connectivity index (χ1) is 14.5. The second-order valence-corrected chi connectivity index (χ2v) is 8.45. The summed E-state index contributed by atoms with van der Waals surface area (Å²) in [7, 11) is -3.56. The second-order valence-electron chi connectivity index (χ2n) is 6.46. The standard InChI is InChI=1S/C21H18N4O4S/c26-21(23-14-16-6-4-11-22-20(16)25-13-5-12-24-25)19-10-9-17(29-19)15-30(27,28)18-7-2-1-3-8-18/h1-13H,14-15H2,(H,23,26). The van der Waals surface area contributed by atoms with E-state index in [2.05, 4.69) is 15.4 Å². The smallest absolute Gasteiger partial charge is 0.287 e. The molecule has 0 bridgehead atoms. The number of hydrogen-bond donors (Lipinski definition) is 1. The number of carbonyl (C=O) groups is 1. The number of nitrogens with one attached hydrogen (secondary N) is 1. The average Bonchev–Trinajstić information content (AvgIpc) is 3.45. The Balaban J connectivity index is 1.43. The molecule has 0 unspecified atom stereocenters. The highest BCUT2D eigenvalue weighted by molar-refractivity contribution is 7.90. The molecule has 9 heteroatoms. The summed E-state index contributed by atoms with van der Waals surface area (Å²) in [5.41, 5.74) is 0.771. The topological polar surface area (TPSA) is 107 Å². The summed E-state index contributed by atoms with van der Waals surface area (Å²) in [4.78, 5) is 17.0. The summed E-state index contributed by atoms with van der Waals surface area (Å²) in [6, 6.07) is 16.5. The Labute approximate surface area is 173 Å². The number of furan rings is 1. The highest BCUT2D eigenvalue weighted by Crippen LogP contribution is 2.18.